The zero-order valence-corrected chi connectivity index (χ0v) is 17.8. The van der Waals surface area contributed by atoms with Crippen molar-refractivity contribution in [1.29, 1.82) is 0 Å². The van der Waals surface area contributed by atoms with E-state index in [-0.39, 0.29) is 31.0 Å². The molecule has 0 aliphatic heterocycles. The summed E-state index contributed by atoms with van der Waals surface area (Å²) in [6, 6.07) is 21.9. The monoisotopic (exact) mass is 442 g/mol. The van der Waals surface area contributed by atoms with Gasteiger partial charge in [-0.05, 0) is 42.8 Å². The molecule has 0 heterocycles. The van der Waals surface area contributed by atoms with Gasteiger partial charge in [0.15, 0.2) is 5.75 Å². The lowest BCUT2D eigenvalue weighted by molar-refractivity contribution is -0.116. The Morgan fingerprint density at radius 2 is 1.61 bits per heavy atom. The molecule has 0 spiro atoms. The maximum atomic E-state index is 14.1. The van der Waals surface area contributed by atoms with Crippen molar-refractivity contribution < 1.29 is 22.3 Å². The Hall–Kier alpha value is -3.39. The van der Waals surface area contributed by atoms with E-state index in [2.05, 4.69) is 5.32 Å². The van der Waals surface area contributed by atoms with Crippen LogP contribution in [0.4, 0.5) is 15.8 Å². The predicted octanol–water partition coefficient (Wildman–Crippen LogP) is 4.80. The van der Waals surface area contributed by atoms with Crippen molar-refractivity contribution >= 4 is 27.3 Å². The molecule has 0 bridgehead atoms. The zero-order chi connectivity index (χ0) is 22.3. The average Bonchev–Trinajstić information content (AvgIpc) is 2.73. The summed E-state index contributed by atoms with van der Waals surface area (Å²) in [5.41, 5.74) is 0.470. The van der Waals surface area contributed by atoms with Crippen LogP contribution in [0.1, 0.15) is 12.8 Å². The number of hydrogen-bond acceptors (Lipinski definition) is 4. The van der Waals surface area contributed by atoms with Crippen LogP contribution < -0.4 is 14.4 Å². The largest absolute Gasteiger partial charge is 0.455 e. The molecule has 31 heavy (non-hydrogen) atoms. The molecule has 0 aromatic heterocycles. The van der Waals surface area contributed by atoms with Crippen molar-refractivity contribution in [3.05, 3.63) is 84.7 Å². The van der Waals surface area contributed by atoms with Gasteiger partial charge in [0.05, 0.1) is 17.6 Å². The highest BCUT2D eigenvalue weighted by Crippen LogP contribution is 2.29. The molecule has 0 atom stereocenters. The lowest BCUT2D eigenvalue weighted by Gasteiger charge is -2.22. The number of carbonyl (C=O) groups is 1. The second-order valence-corrected chi connectivity index (χ2v) is 8.76. The molecule has 3 aromatic rings. The molecular weight excluding hydrogens is 419 g/mol. The van der Waals surface area contributed by atoms with Crippen LogP contribution in [0.2, 0.25) is 0 Å². The molecule has 3 rings (SSSR count). The summed E-state index contributed by atoms with van der Waals surface area (Å²) in [7, 11) is -3.70. The van der Waals surface area contributed by atoms with E-state index in [0.717, 1.165) is 10.6 Å². The number of hydrogen-bond donors (Lipinski definition) is 1. The Labute approximate surface area is 181 Å². The van der Waals surface area contributed by atoms with Crippen LogP contribution in [-0.2, 0) is 14.8 Å². The topological polar surface area (TPSA) is 75.7 Å². The van der Waals surface area contributed by atoms with Crippen molar-refractivity contribution in [2.75, 3.05) is 22.4 Å². The van der Waals surface area contributed by atoms with Crippen LogP contribution >= 0.6 is 0 Å². The van der Waals surface area contributed by atoms with E-state index in [1.807, 2.05) is 18.2 Å². The number of carbonyl (C=O) groups excluding carboxylic acids is 1. The van der Waals surface area contributed by atoms with Gasteiger partial charge in [0.2, 0.25) is 15.9 Å². The highest BCUT2D eigenvalue weighted by molar-refractivity contribution is 7.92. The third kappa shape index (κ3) is 6.29. The molecular formula is C23H23FN2O4S. The maximum Gasteiger partial charge on any atom is 0.232 e. The molecule has 0 unspecified atom stereocenters. The summed E-state index contributed by atoms with van der Waals surface area (Å²) in [6.07, 6.45) is 1.28. The summed E-state index contributed by atoms with van der Waals surface area (Å²) in [5.74, 6) is 0.194. The number of rotatable bonds is 9. The summed E-state index contributed by atoms with van der Waals surface area (Å²) in [6.45, 7) is -0.0185. The van der Waals surface area contributed by atoms with Crippen molar-refractivity contribution in [3.8, 4) is 11.5 Å². The van der Waals surface area contributed by atoms with Gasteiger partial charge in [-0.2, -0.15) is 0 Å². The smallest absolute Gasteiger partial charge is 0.232 e. The standard InChI is InChI=1S/C23H23FN2O4S/c1-31(28,29)26(21-14-7-5-12-19(21)24)17-9-16-23(27)25-20-13-6-8-15-22(20)30-18-10-3-2-4-11-18/h2-8,10-15H,9,16-17H2,1H3,(H,25,27). The summed E-state index contributed by atoms with van der Waals surface area (Å²) in [5, 5.41) is 2.79. The van der Waals surface area contributed by atoms with Gasteiger partial charge in [0.25, 0.3) is 0 Å². The van der Waals surface area contributed by atoms with Gasteiger partial charge in [0, 0.05) is 13.0 Å². The quantitative estimate of drug-likeness (QED) is 0.516. The number of para-hydroxylation sites is 4. The number of sulfonamides is 1. The Bertz CT molecular complexity index is 1140. The van der Waals surface area contributed by atoms with E-state index in [1.165, 1.54) is 18.2 Å². The molecule has 1 N–H and O–H groups in total. The minimum absolute atomic E-state index is 0.0185. The summed E-state index contributed by atoms with van der Waals surface area (Å²) >= 11 is 0. The van der Waals surface area contributed by atoms with E-state index in [0.29, 0.717) is 17.2 Å². The third-order valence-corrected chi connectivity index (χ3v) is 5.60. The Morgan fingerprint density at radius 3 is 2.32 bits per heavy atom. The highest BCUT2D eigenvalue weighted by Gasteiger charge is 2.20. The number of ether oxygens (including phenoxy) is 1. The number of benzene rings is 3. The van der Waals surface area contributed by atoms with Crippen LogP contribution in [0.25, 0.3) is 0 Å². The molecule has 3 aromatic carbocycles. The Morgan fingerprint density at radius 1 is 0.968 bits per heavy atom. The van der Waals surface area contributed by atoms with Gasteiger partial charge >= 0.3 is 0 Å². The molecule has 0 fully saturated rings. The maximum absolute atomic E-state index is 14.1. The van der Waals surface area contributed by atoms with Gasteiger partial charge in [-0.25, -0.2) is 12.8 Å². The van der Waals surface area contributed by atoms with Gasteiger partial charge in [-0.1, -0.05) is 42.5 Å². The molecule has 0 aliphatic carbocycles. The molecule has 0 saturated carbocycles. The van der Waals surface area contributed by atoms with Gasteiger partial charge in [-0.3, -0.25) is 9.10 Å². The number of nitrogens with zero attached hydrogens (tertiary/aromatic N) is 1. The first-order chi connectivity index (χ1) is 14.8. The minimum Gasteiger partial charge on any atom is -0.455 e. The van der Waals surface area contributed by atoms with Crippen molar-refractivity contribution in [1.82, 2.24) is 0 Å². The second-order valence-electron chi connectivity index (χ2n) is 6.85. The number of amides is 1. The molecule has 0 aliphatic rings. The van der Waals surface area contributed by atoms with Crippen LogP contribution in [0.3, 0.4) is 0 Å². The Balaban J connectivity index is 1.62. The van der Waals surface area contributed by atoms with E-state index in [4.69, 9.17) is 4.74 Å². The van der Waals surface area contributed by atoms with E-state index in [1.54, 1.807) is 42.5 Å². The zero-order valence-electron chi connectivity index (χ0n) is 17.0. The summed E-state index contributed by atoms with van der Waals surface area (Å²) in [4.78, 5) is 12.4. The van der Waals surface area contributed by atoms with Crippen LogP contribution in [-0.4, -0.2) is 27.1 Å². The third-order valence-electron chi connectivity index (χ3n) is 4.42. The van der Waals surface area contributed by atoms with Crippen LogP contribution in [0.15, 0.2) is 78.9 Å². The lowest BCUT2D eigenvalue weighted by atomic mass is 10.2. The summed E-state index contributed by atoms with van der Waals surface area (Å²) < 4.78 is 45.1. The number of anilines is 2. The molecule has 0 saturated heterocycles. The first-order valence-electron chi connectivity index (χ1n) is 9.68. The molecule has 162 valence electrons. The normalized spacial score (nSPS) is 11.0. The average molecular weight is 443 g/mol. The lowest BCUT2D eigenvalue weighted by Crippen LogP contribution is -2.32. The van der Waals surface area contributed by atoms with Gasteiger partial charge in [0.1, 0.15) is 11.6 Å². The first kappa shape index (κ1) is 22.3. The Kier molecular flexibility index (Phi) is 7.25. The predicted molar refractivity (Wildman–Crippen MR) is 119 cm³/mol. The number of halogens is 1. The number of nitrogens with one attached hydrogen (secondary N) is 1. The van der Waals surface area contributed by atoms with Crippen molar-refractivity contribution in [2.45, 2.75) is 12.8 Å². The van der Waals surface area contributed by atoms with E-state index < -0.39 is 15.8 Å². The van der Waals surface area contributed by atoms with Crippen molar-refractivity contribution in [3.63, 3.8) is 0 Å². The van der Waals surface area contributed by atoms with Gasteiger partial charge in [-0.15, -0.1) is 0 Å². The fourth-order valence-electron chi connectivity index (χ4n) is 2.99. The first-order valence-corrected chi connectivity index (χ1v) is 11.5. The fraction of sp³-hybridized carbons (Fsp3) is 0.174. The van der Waals surface area contributed by atoms with Crippen molar-refractivity contribution in [2.24, 2.45) is 0 Å². The second kappa shape index (κ2) is 10.1. The molecule has 0 radical (unpaired) electrons. The SMILES string of the molecule is CS(=O)(=O)N(CCCC(=O)Nc1ccccc1Oc1ccccc1)c1ccccc1F. The highest BCUT2D eigenvalue weighted by atomic mass is 32.2. The molecule has 6 nitrogen and oxygen atoms in total. The molecule has 1 amide bonds. The minimum atomic E-state index is -3.70. The van der Waals surface area contributed by atoms with Crippen LogP contribution in [0.5, 0.6) is 11.5 Å². The van der Waals surface area contributed by atoms with Crippen LogP contribution in [0, 0.1) is 5.82 Å². The fourth-order valence-corrected chi connectivity index (χ4v) is 3.96. The molecule has 8 heteroatoms. The van der Waals surface area contributed by atoms with E-state index >= 15 is 0 Å². The van der Waals surface area contributed by atoms with E-state index in [9.17, 15) is 17.6 Å². The van der Waals surface area contributed by atoms with Gasteiger partial charge < -0.3 is 10.1 Å².